The van der Waals surface area contributed by atoms with E-state index >= 15 is 0 Å². The molecule has 1 fully saturated rings. The molecule has 0 radical (unpaired) electrons. The van der Waals surface area contributed by atoms with Crippen LogP contribution in [0, 0.1) is 16.0 Å². The highest BCUT2D eigenvalue weighted by Gasteiger charge is 2.21. The fourth-order valence-electron chi connectivity index (χ4n) is 2.60. The van der Waals surface area contributed by atoms with Gasteiger partial charge in [-0.3, -0.25) is 10.1 Å². The Morgan fingerprint density at radius 2 is 2.14 bits per heavy atom. The zero-order valence-corrected chi connectivity index (χ0v) is 12.5. The van der Waals surface area contributed by atoms with E-state index in [0.29, 0.717) is 18.3 Å². The van der Waals surface area contributed by atoms with Gasteiger partial charge in [-0.15, -0.1) is 0 Å². The van der Waals surface area contributed by atoms with Gasteiger partial charge < -0.3 is 15.4 Å². The molecule has 0 saturated carbocycles. The Hall–Kier alpha value is -1.82. The minimum atomic E-state index is -0.393. The molecule has 6 heteroatoms. The molecule has 1 aromatic rings. The summed E-state index contributed by atoms with van der Waals surface area (Å²) in [7, 11) is 0. The minimum Gasteiger partial charge on any atom is -0.487 e. The van der Waals surface area contributed by atoms with E-state index in [9.17, 15) is 10.1 Å². The number of hydrogen-bond acceptors (Lipinski definition) is 5. The fourth-order valence-corrected chi connectivity index (χ4v) is 2.60. The summed E-state index contributed by atoms with van der Waals surface area (Å²) in [6.45, 7) is 5.07. The molecule has 2 N–H and O–H groups in total. The largest absolute Gasteiger partial charge is 0.487 e. The first-order chi connectivity index (χ1) is 10.2. The van der Waals surface area contributed by atoms with Gasteiger partial charge in [-0.05, 0) is 37.8 Å². The van der Waals surface area contributed by atoms with E-state index in [1.165, 1.54) is 6.07 Å². The number of nitro benzene ring substituents is 1. The van der Waals surface area contributed by atoms with Crippen LogP contribution < -0.4 is 15.4 Å². The van der Waals surface area contributed by atoms with Gasteiger partial charge in [0.05, 0.1) is 11.5 Å². The number of nitrogens with zero attached hydrogens (tertiary/aromatic N) is 2. The average Bonchev–Trinajstić information content (AvgIpc) is 2.52. The van der Waals surface area contributed by atoms with Crippen LogP contribution in [-0.4, -0.2) is 31.2 Å². The third-order valence-electron chi connectivity index (χ3n) is 3.91. The van der Waals surface area contributed by atoms with Crippen LogP contribution in [0.25, 0.3) is 0 Å². The lowest BCUT2D eigenvalue weighted by Crippen LogP contribution is -2.36. The van der Waals surface area contributed by atoms with Crippen LogP contribution >= 0.6 is 0 Å². The van der Waals surface area contributed by atoms with Crippen LogP contribution in [0.4, 0.5) is 11.4 Å². The standard InChI is InChI=1S/C15H23N3O3/c1-2-9-21-15-10-13(3-4-14(15)18(19)20)17-7-5-12(11-16)6-8-17/h3-4,10,12H,2,5-9,11,16H2,1H3. The van der Waals surface area contributed by atoms with Crippen molar-refractivity contribution >= 4 is 11.4 Å². The predicted molar refractivity (Wildman–Crippen MR) is 82.9 cm³/mol. The average molecular weight is 293 g/mol. The quantitative estimate of drug-likeness (QED) is 0.644. The number of benzene rings is 1. The van der Waals surface area contributed by atoms with E-state index in [1.807, 2.05) is 6.92 Å². The molecular formula is C15H23N3O3. The Bertz CT molecular complexity index is 485. The number of hydrogen-bond donors (Lipinski definition) is 1. The van der Waals surface area contributed by atoms with E-state index < -0.39 is 4.92 Å². The van der Waals surface area contributed by atoms with Gasteiger partial charge in [-0.1, -0.05) is 6.92 Å². The van der Waals surface area contributed by atoms with Crippen LogP contribution in [-0.2, 0) is 0 Å². The van der Waals surface area contributed by atoms with E-state index in [0.717, 1.165) is 44.6 Å². The monoisotopic (exact) mass is 293 g/mol. The van der Waals surface area contributed by atoms with Crippen molar-refractivity contribution in [3.63, 3.8) is 0 Å². The normalized spacial score (nSPS) is 16.0. The predicted octanol–water partition coefficient (Wildman–Crippen LogP) is 2.56. The summed E-state index contributed by atoms with van der Waals surface area (Å²) in [5, 5.41) is 11.1. The summed E-state index contributed by atoms with van der Waals surface area (Å²) < 4.78 is 5.53. The van der Waals surface area contributed by atoms with Gasteiger partial charge >= 0.3 is 5.69 Å². The second-order valence-electron chi connectivity index (χ2n) is 5.42. The van der Waals surface area contributed by atoms with Crippen molar-refractivity contribution in [1.29, 1.82) is 0 Å². The molecule has 2 rings (SSSR count). The van der Waals surface area contributed by atoms with Gasteiger partial charge in [0.25, 0.3) is 0 Å². The Labute approximate surface area is 125 Å². The number of piperidine rings is 1. The van der Waals surface area contributed by atoms with E-state index in [-0.39, 0.29) is 5.69 Å². The lowest BCUT2D eigenvalue weighted by atomic mass is 9.97. The third kappa shape index (κ3) is 3.85. The van der Waals surface area contributed by atoms with Gasteiger partial charge in [0, 0.05) is 30.9 Å². The Kier molecular flexibility index (Phi) is 5.38. The first-order valence-corrected chi connectivity index (χ1v) is 7.52. The van der Waals surface area contributed by atoms with Crippen LogP contribution in [0.2, 0.25) is 0 Å². The van der Waals surface area contributed by atoms with Gasteiger partial charge in [0.2, 0.25) is 0 Å². The molecular weight excluding hydrogens is 270 g/mol. The second-order valence-corrected chi connectivity index (χ2v) is 5.42. The van der Waals surface area contributed by atoms with Crippen LogP contribution in [0.5, 0.6) is 5.75 Å². The zero-order chi connectivity index (χ0) is 15.2. The van der Waals surface area contributed by atoms with Crippen LogP contribution in [0.15, 0.2) is 18.2 Å². The van der Waals surface area contributed by atoms with Gasteiger partial charge in [0.15, 0.2) is 5.75 Å². The molecule has 1 heterocycles. The molecule has 0 aliphatic carbocycles. The number of rotatable bonds is 6. The molecule has 1 aliphatic heterocycles. The number of nitrogens with two attached hydrogens (primary N) is 1. The van der Waals surface area contributed by atoms with Crippen LogP contribution in [0.1, 0.15) is 26.2 Å². The van der Waals surface area contributed by atoms with Gasteiger partial charge in [-0.25, -0.2) is 0 Å². The first-order valence-electron chi connectivity index (χ1n) is 7.52. The summed E-state index contributed by atoms with van der Waals surface area (Å²) in [6.07, 6.45) is 2.96. The van der Waals surface area contributed by atoms with Crippen molar-refractivity contribution in [1.82, 2.24) is 0 Å². The highest BCUT2D eigenvalue weighted by Crippen LogP contribution is 2.33. The summed E-state index contributed by atoms with van der Waals surface area (Å²) in [5.74, 6) is 0.954. The maximum Gasteiger partial charge on any atom is 0.311 e. The summed E-state index contributed by atoms with van der Waals surface area (Å²) >= 11 is 0. The molecule has 1 aliphatic rings. The summed E-state index contributed by atoms with van der Waals surface area (Å²) in [4.78, 5) is 12.9. The Balaban J connectivity index is 2.15. The van der Waals surface area contributed by atoms with Gasteiger partial charge in [-0.2, -0.15) is 0 Å². The van der Waals surface area contributed by atoms with Gasteiger partial charge in [0.1, 0.15) is 0 Å². The molecule has 0 amide bonds. The molecule has 0 bridgehead atoms. The van der Waals surface area contributed by atoms with Crippen molar-refractivity contribution in [2.24, 2.45) is 11.7 Å². The third-order valence-corrected chi connectivity index (χ3v) is 3.91. The van der Waals surface area contributed by atoms with E-state index in [2.05, 4.69) is 4.90 Å². The number of ether oxygens (including phenoxy) is 1. The van der Waals surface area contributed by atoms with E-state index in [4.69, 9.17) is 10.5 Å². The molecule has 21 heavy (non-hydrogen) atoms. The van der Waals surface area contributed by atoms with Crippen molar-refractivity contribution in [3.05, 3.63) is 28.3 Å². The highest BCUT2D eigenvalue weighted by atomic mass is 16.6. The maximum atomic E-state index is 11.1. The molecule has 0 unspecified atom stereocenters. The SMILES string of the molecule is CCCOc1cc(N2CCC(CN)CC2)ccc1[N+](=O)[O-]. The smallest absolute Gasteiger partial charge is 0.311 e. The number of nitro groups is 1. The lowest BCUT2D eigenvalue weighted by molar-refractivity contribution is -0.385. The van der Waals surface area contributed by atoms with Crippen LogP contribution in [0.3, 0.4) is 0 Å². The minimum absolute atomic E-state index is 0.0315. The summed E-state index contributed by atoms with van der Waals surface area (Å²) in [5.41, 5.74) is 6.73. The van der Waals surface area contributed by atoms with E-state index in [1.54, 1.807) is 12.1 Å². The maximum absolute atomic E-state index is 11.1. The van der Waals surface area contributed by atoms with Crippen molar-refractivity contribution in [2.75, 3.05) is 31.1 Å². The van der Waals surface area contributed by atoms with Crippen molar-refractivity contribution < 1.29 is 9.66 Å². The van der Waals surface area contributed by atoms with Crippen molar-refractivity contribution in [3.8, 4) is 5.75 Å². The molecule has 0 spiro atoms. The second kappa shape index (κ2) is 7.26. The first kappa shape index (κ1) is 15.6. The molecule has 0 aromatic heterocycles. The topological polar surface area (TPSA) is 81.6 Å². The zero-order valence-electron chi connectivity index (χ0n) is 12.5. The Morgan fingerprint density at radius 1 is 1.43 bits per heavy atom. The molecule has 1 saturated heterocycles. The summed E-state index contributed by atoms with van der Waals surface area (Å²) in [6, 6.07) is 5.13. The molecule has 116 valence electrons. The molecule has 0 atom stereocenters. The molecule has 1 aromatic carbocycles. The number of anilines is 1. The fraction of sp³-hybridized carbons (Fsp3) is 0.600. The lowest BCUT2D eigenvalue weighted by Gasteiger charge is -2.33. The highest BCUT2D eigenvalue weighted by molar-refractivity contribution is 5.59. The van der Waals surface area contributed by atoms with Crippen molar-refractivity contribution in [2.45, 2.75) is 26.2 Å². The molecule has 6 nitrogen and oxygen atoms in total. The Morgan fingerprint density at radius 3 is 2.71 bits per heavy atom.